The lowest BCUT2D eigenvalue weighted by atomic mass is 9.47. The van der Waals surface area contributed by atoms with E-state index in [-0.39, 0.29) is 12.0 Å². The van der Waals surface area contributed by atoms with Crippen molar-refractivity contribution in [2.24, 2.45) is 40.4 Å². The summed E-state index contributed by atoms with van der Waals surface area (Å²) in [4.78, 5) is 12.8. The number of aliphatic hydroxyl groups excluding tert-OH is 1. The summed E-state index contributed by atoms with van der Waals surface area (Å²) < 4.78 is 0. The molecule has 1 aromatic rings. The van der Waals surface area contributed by atoms with Crippen molar-refractivity contribution in [1.29, 1.82) is 0 Å². The molecule has 4 heteroatoms. The van der Waals surface area contributed by atoms with Crippen molar-refractivity contribution in [1.82, 2.24) is 0 Å². The number of rotatable bonds is 6. The average Bonchev–Trinajstić information content (AvgIpc) is 3.20. The van der Waals surface area contributed by atoms with Crippen LogP contribution >= 0.6 is 0 Å². The van der Waals surface area contributed by atoms with Crippen LogP contribution in [0.3, 0.4) is 0 Å². The molecule has 0 spiro atoms. The SMILES string of the molecule is CNc1ccccc1NC(=O)CCC(C)[C@H]1CC[C@H]2[C@@H]3CC=C4C[C@@H](O)CC[C@]4(C)[C@H]3CC[C@]12C. The number of carbonyl (C=O) groups is 1. The molecule has 3 fully saturated rings. The largest absolute Gasteiger partial charge is 0.393 e. The summed E-state index contributed by atoms with van der Waals surface area (Å²) in [6.45, 7) is 7.52. The number of nitrogens with one attached hydrogen (secondary N) is 2. The van der Waals surface area contributed by atoms with Gasteiger partial charge in [0, 0.05) is 13.5 Å². The van der Waals surface area contributed by atoms with Gasteiger partial charge < -0.3 is 15.7 Å². The quantitative estimate of drug-likeness (QED) is 0.385. The van der Waals surface area contributed by atoms with Gasteiger partial charge in [-0.15, -0.1) is 0 Å². The minimum Gasteiger partial charge on any atom is -0.393 e. The van der Waals surface area contributed by atoms with Crippen LogP contribution in [0.1, 0.15) is 85.0 Å². The van der Waals surface area contributed by atoms with E-state index in [1.807, 2.05) is 31.3 Å². The molecule has 1 amide bonds. The molecule has 4 aliphatic rings. The zero-order chi connectivity index (χ0) is 24.8. The molecular weight excluding hydrogens is 432 g/mol. The van der Waals surface area contributed by atoms with E-state index in [0.717, 1.165) is 60.7 Å². The summed E-state index contributed by atoms with van der Waals surface area (Å²) in [5.74, 6) is 3.82. The highest BCUT2D eigenvalue weighted by molar-refractivity contribution is 5.94. The van der Waals surface area contributed by atoms with Crippen molar-refractivity contribution in [2.45, 2.75) is 91.1 Å². The Labute approximate surface area is 212 Å². The molecule has 3 saturated carbocycles. The predicted octanol–water partition coefficient (Wildman–Crippen LogP) is 7.02. The average molecular weight is 479 g/mol. The van der Waals surface area contributed by atoms with Crippen LogP contribution in [-0.2, 0) is 4.79 Å². The maximum absolute atomic E-state index is 12.8. The number of para-hydroxylation sites is 2. The molecule has 192 valence electrons. The Morgan fingerprint density at radius 2 is 1.86 bits per heavy atom. The third-order valence-corrected chi connectivity index (χ3v) is 11.1. The summed E-state index contributed by atoms with van der Waals surface area (Å²) in [7, 11) is 1.89. The molecule has 5 rings (SSSR count). The van der Waals surface area contributed by atoms with Gasteiger partial charge in [-0.1, -0.05) is 44.6 Å². The number of aliphatic hydroxyl groups is 1. The van der Waals surface area contributed by atoms with Gasteiger partial charge in [0.1, 0.15) is 0 Å². The van der Waals surface area contributed by atoms with Crippen molar-refractivity contribution < 1.29 is 9.90 Å². The third kappa shape index (κ3) is 4.34. The van der Waals surface area contributed by atoms with Crippen molar-refractivity contribution in [3.05, 3.63) is 35.9 Å². The highest BCUT2D eigenvalue weighted by Gasteiger charge is 2.59. The van der Waals surface area contributed by atoms with Crippen molar-refractivity contribution >= 4 is 17.3 Å². The molecule has 3 N–H and O–H groups in total. The van der Waals surface area contributed by atoms with Crippen LogP contribution in [0.15, 0.2) is 35.9 Å². The maximum Gasteiger partial charge on any atom is 0.224 e. The Morgan fingerprint density at radius 3 is 2.63 bits per heavy atom. The topological polar surface area (TPSA) is 61.4 Å². The van der Waals surface area contributed by atoms with Crippen molar-refractivity contribution in [3.8, 4) is 0 Å². The highest BCUT2D eigenvalue weighted by Crippen LogP contribution is 2.67. The summed E-state index contributed by atoms with van der Waals surface area (Å²) in [5, 5.41) is 16.6. The second-order valence-electron chi connectivity index (χ2n) is 12.7. The standard InChI is InChI=1S/C31H46N2O2/c1-20(9-14-29(35)33-28-8-6-5-7-27(28)32-4)24-12-13-25-23-11-10-21-19-22(34)15-17-30(21,2)26(23)16-18-31(24,25)3/h5-8,10,20,22-26,32,34H,9,11-19H2,1-4H3,(H,33,35)/t20?,22-,23-,24+,25-,26-,30-,31+/m0/s1. The molecule has 0 saturated heterocycles. The van der Waals surface area contributed by atoms with E-state index < -0.39 is 0 Å². The van der Waals surface area contributed by atoms with Gasteiger partial charge in [-0.2, -0.15) is 0 Å². The summed E-state index contributed by atoms with van der Waals surface area (Å²) in [6, 6.07) is 7.91. The lowest BCUT2D eigenvalue weighted by Crippen LogP contribution is -2.50. The Balaban J connectivity index is 1.23. The Hall–Kier alpha value is -1.81. The van der Waals surface area contributed by atoms with Crippen molar-refractivity contribution in [3.63, 3.8) is 0 Å². The van der Waals surface area contributed by atoms with Crippen LogP contribution in [-0.4, -0.2) is 24.2 Å². The van der Waals surface area contributed by atoms with Gasteiger partial charge in [-0.3, -0.25) is 4.79 Å². The van der Waals surface area contributed by atoms with E-state index in [1.54, 1.807) is 5.57 Å². The van der Waals surface area contributed by atoms with Crippen LogP contribution in [0.5, 0.6) is 0 Å². The molecule has 4 aliphatic carbocycles. The molecule has 8 atom stereocenters. The summed E-state index contributed by atoms with van der Waals surface area (Å²) in [5.41, 5.74) is 4.12. The molecule has 1 unspecified atom stereocenters. The van der Waals surface area contributed by atoms with Gasteiger partial charge in [0.15, 0.2) is 0 Å². The second kappa shape index (κ2) is 9.57. The first-order valence-corrected chi connectivity index (χ1v) is 14.2. The van der Waals surface area contributed by atoms with Crippen molar-refractivity contribution in [2.75, 3.05) is 17.7 Å². The zero-order valence-corrected chi connectivity index (χ0v) is 22.3. The fourth-order valence-electron chi connectivity index (χ4n) is 9.20. The molecule has 0 heterocycles. The van der Waals surface area contributed by atoms with E-state index in [9.17, 15) is 9.90 Å². The first-order chi connectivity index (χ1) is 16.8. The molecule has 4 nitrogen and oxygen atoms in total. The normalized spacial score (nSPS) is 39.0. The molecular formula is C31H46N2O2. The fourth-order valence-corrected chi connectivity index (χ4v) is 9.20. The Bertz CT molecular complexity index is 972. The number of benzene rings is 1. The van der Waals surface area contributed by atoms with E-state index in [0.29, 0.717) is 23.2 Å². The smallest absolute Gasteiger partial charge is 0.224 e. The number of carbonyl (C=O) groups excluding carboxylic acids is 1. The number of amides is 1. The van der Waals surface area contributed by atoms with E-state index in [1.165, 1.54) is 32.1 Å². The van der Waals surface area contributed by atoms with Crippen LogP contribution in [0.2, 0.25) is 0 Å². The van der Waals surface area contributed by atoms with E-state index in [4.69, 9.17) is 0 Å². The predicted molar refractivity (Wildman–Crippen MR) is 144 cm³/mol. The molecule has 0 radical (unpaired) electrons. The van der Waals surface area contributed by atoms with Crippen LogP contribution < -0.4 is 10.6 Å². The molecule has 0 aromatic heterocycles. The number of fused-ring (bicyclic) bond motifs is 5. The minimum absolute atomic E-state index is 0.125. The fraction of sp³-hybridized carbons (Fsp3) is 0.710. The molecule has 0 aliphatic heterocycles. The van der Waals surface area contributed by atoms with Gasteiger partial charge in [0.2, 0.25) is 5.91 Å². The number of anilines is 2. The second-order valence-corrected chi connectivity index (χ2v) is 12.7. The first-order valence-electron chi connectivity index (χ1n) is 14.2. The summed E-state index contributed by atoms with van der Waals surface area (Å²) in [6.07, 6.45) is 13.6. The van der Waals surface area contributed by atoms with Gasteiger partial charge in [0.25, 0.3) is 0 Å². The van der Waals surface area contributed by atoms with E-state index in [2.05, 4.69) is 37.5 Å². The number of allylic oxidation sites excluding steroid dienone is 1. The Morgan fingerprint density at radius 1 is 1.09 bits per heavy atom. The lowest BCUT2D eigenvalue weighted by molar-refractivity contribution is -0.116. The summed E-state index contributed by atoms with van der Waals surface area (Å²) >= 11 is 0. The third-order valence-electron chi connectivity index (χ3n) is 11.1. The van der Waals surface area contributed by atoms with Gasteiger partial charge in [-0.25, -0.2) is 0 Å². The Kier molecular flexibility index (Phi) is 6.80. The van der Waals surface area contributed by atoms with Crippen LogP contribution in [0.25, 0.3) is 0 Å². The maximum atomic E-state index is 12.8. The van der Waals surface area contributed by atoms with Crippen LogP contribution in [0, 0.1) is 40.4 Å². The molecule has 1 aromatic carbocycles. The highest BCUT2D eigenvalue weighted by atomic mass is 16.3. The van der Waals surface area contributed by atoms with Gasteiger partial charge in [0.05, 0.1) is 17.5 Å². The zero-order valence-electron chi connectivity index (χ0n) is 22.3. The molecule has 0 bridgehead atoms. The number of hydrogen-bond donors (Lipinski definition) is 3. The monoisotopic (exact) mass is 478 g/mol. The van der Waals surface area contributed by atoms with Gasteiger partial charge >= 0.3 is 0 Å². The molecule has 35 heavy (non-hydrogen) atoms. The van der Waals surface area contributed by atoms with E-state index >= 15 is 0 Å². The first kappa shape index (κ1) is 24.9. The lowest BCUT2D eigenvalue weighted by Gasteiger charge is -2.58. The minimum atomic E-state index is -0.125. The van der Waals surface area contributed by atoms with Gasteiger partial charge in [-0.05, 0) is 110 Å². The number of hydrogen-bond acceptors (Lipinski definition) is 3. The van der Waals surface area contributed by atoms with Crippen LogP contribution in [0.4, 0.5) is 11.4 Å².